The van der Waals surface area contributed by atoms with Gasteiger partial charge in [0.05, 0.1) is 0 Å². The average molecular weight is 312 g/mol. The van der Waals surface area contributed by atoms with Crippen molar-refractivity contribution in [1.29, 1.82) is 0 Å². The number of carbonyl (C=O) groups excluding carboxylic acids is 1. The van der Waals surface area contributed by atoms with E-state index in [4.69, 9.17) is 4.74 Å². The molecule has 1 aromatic carbocycles. The zero-order chi connectivity index (χ0) is 13.1. The average Bonchev–Trinajstić information content (AvgIpc) is 2.74. The zero-order valence-electron chi connectivity index (χ0n) is 9.69. The summed E-state index contributed by atoms with van der Waals surface area (Å²) in [5.74, 6) is -0.606. The smallest absolute Gasteiger partial charge is 0.201 e. The molecule has 0 N–H and O–H groups in total. The quantitative estimate of drug-likeness (QED) is 0.812. The first-order chi connectivity index (χ1) is 8.56. The molecule has 18 heavy (non-hydrogen) atoms. The van der Waals surface area contributed by atoms with Crippen LogP contribution in [0.15, 0.2) is 41.1 Å². The van der Waals surface area contributed by atoms with E-state index in [1.807, 2.05) is 7.05 Å². The van der Waals surface area contributed by atoms with Crippen molar-refractivity contribution in [2.45, 2.75) is 0 Å². The SMILES string of the molecule is Cn1ccc(C(=O)COc2ccc(Br)cc2F)c1. The molecule has 0 radical (unpaired) electrons. The Kier molecular flexibility index (Phi) is 3.81. The van der Waals surface area contributed by atoms with Gasteiger partial charge in [0, 0.05) is 29.5 Å². The molecule has 0 amide bonds. The van der Waals surface area contributed by atoms with E-state index >= 15 is 0 Å². The maximum absolute atomic E-state index is 13.4. The van der Waals surface area contributed by atoms with Gasteiger partial charge in [-0.1, -0.05) is 15.9 Å². The van der Waals surface area contributed by atoms with Gasteiger partial charge in [0.1, 0.15) is 0 Å². The number of ether oxygens (including phenoxy) is 1. The van der Waals surface area contributed by atoms with Crippen LogP contribution in [0.2, 0.25) is 0 Å². The summed E-state index contributed by atoms with van der Waals surface area (Å²) in [6.07, 6.45) is 3.47. The fourth-order valence-corrected chi connectivity index (χ4v) is 1.82. The molecule has 94 valence electrons. The third kappa shape index (κ3) is 2.98. The molecule has 0 saturated carbocycles. The van der Waals surface area contributed by atoms with E-state index in [0.717, 1.165) is 0 Å². The zero-order valence-corrected chi connectivity index (χ0v) is 11.3. The Labute approximate surface area is 112 Å². The summed E-state index contributed by atoms with van der Waals surface area (Å²) in [6.45, 7) is -0.178. The maximum Gasteiger partial charge on any atom is 0.201 e. The lowest BCUT2D eigenvalue weighted by Crippen LogP contribution is -2.11. The molecule has 0 fully saturated rings. The molecule has 0 saturated heterocycles. The Hall–Kier alpha value is -1.62. The van der Waals surface area contributed by atoms with Crippen molar-refractivity contribution >= 4 is 21.7 Å². The number of aryl methyl sites for hydroxylation is 1. The molecule has 0 atom stereocenters. The highest BCUT2D eigenvalue weighted by Crippen LogP contribution is 2.21. The monoisotopic (exact) mass is 311 g/mol. The summed E-state index contributed by atoms with van der Waals surface area (Å²) in [5.41, 5.74) is 0.551. The number of hydrogen-bond donors (Lipinski definition) is 0. The van der Waals surface area contributed by atoms with Crippen molar-refractivity contribution in [1.82, 2.24) is 4.57 Å². The summed E-state index contributed by atoms with van der Waals surface area (Å²) >= 11 is 3.15. The van der Waals surface area contributed by atoms with Crippen molar-refractivity contribution in [3.05, 3.63) is 52.5 Å². The summed E-state index contributed by atoms with van der Waals surface area (Å²) in [5, 5.41) is 0. The topological polar surface area (TPSA) is 31.2 Å². The third-order valence-corrected chi connectivity index (χ3v) is 2.90. The number of Topliss-reactive ketones (excluding diaryl/α,β-unsaturated/α-hetero) is 1. The minimum Gasteiger partial charge on any atom is -0.482 e. The molecular formula is C13H11BrFNO2. The first kappa shape index (κ1) is 12.8. The van der Waals surface area contributed by atoms with Crippen LogP contribution < -0.4 is 4.74 Å². The van der Waals surface area contributed by atoms with Gasteiger partial charge in [-0.2, -0.15) is 0 Å². The number of carbonyl (C=O) groups is 1. The molecule has 0 aliphatic heterocycles. The summed E-state index contributed by atoms with van der Waals surface area (Å²) < 4.78 is 21.0. The van der Waals surface area contributed by atoms with E-state index in [1.54, 1.807) is 29.1 Å². The summed E-state index contributed by atoms with van der Waals surface area (Å²) in [6, 6.07) is 6.13. The van der Waals surface area contributed by atoms with Gasteiger partial charge in [0.2, 0.25) is 5.78 Å². The van der Waals surface area contributed by atoms with Gasteiger partial charge >= 0.3 is 0 Å². The normalized spacial score (nSPS) is 10.4. The van der Waals surface area contributed by atoms with Gasteiger partial charge in [-0.15, -0.1) is 0 Å². The minimum absolute atomic E-state index is 0.0717. The Morgan fingerprint density at radius 2 is 2.22 bits per heavy atom. The second kappa shape index (κ2) is 5.35. The second-order valence-electron chi connectivity index (χ2n) is 3.85. The van der Waals surface area contributed by atoms with Gasteiger partial charge in [-0.3, -0.25) is 4.79 Å². The van der Waals surface area contributed by atoms with Crippen LogP contribution >= 0.6 is 15.9 Å². The largest absolute Gasteiger partial charge is 0.482 e. The Morgan fingerprint density at radius 1 is 1.44 bits per heavy atom. The highest BCUT2D eigenvalue weighted by atomic mass is 79.9. The Morgan fingerprint density at radius 3 is 2.83 bits per heavy atom. The predicted octanol–water partition coefficient (Wildman–Crippen LogP) is 3.19. The number of ketones is 1. The first-order valence-electron chi connectivity index (χ1n) is 5.29. The van der Waals surface area contributed by atoms with Gasteiger partial charge in [0.25, 0.3) is 0 Å². The van der Waals surface area contributed by atoms with Crippen molar-refractivity contribution in [3.63, 3.8) is 0 Å². The molecule has 1 heterocycles. The number of benzene rings is 1. The van der Waals surface area contributed by atoms with E-state index in [-0.39, 0.29) is 18.1 Å². The molecule has 0 bridgehead atoms. The van der Waals surface area contributed by atoms with Crippen molar-refractivity contribution in [2.75, 3.05) is 6.61 Å². The van der Waals surface area contributed by atoms with E-state index in [1.165, 1.54) is 12.1 Å². The highest BCUT2D eigenvalue weighted by molar-refractivity contribution is 9.10. The number of aromatic nitrogens is 1. The predicted molar refractivity (Wildman–Crippen MR) is 69.3 cm³/mol. The van der Waals surface area contributed by atoms with Gasteiger partial charge < -0.3 is 9.30 Å². The van der Waals surface area contributed by atoms with Gasteiger partial charge in [-0.25, -0.2) is 4.39 Å². The van der Waals surface area contributed by atoms with Crippen molar-refractivity contribution in [2.24, 2.45) is 7.05 Å². The first-order valence-corrected chi connectivity index (χ1v) is 6.08. The van der Waals surface area contributed by atoms with E-state index in [0.29, 0.717) is 10.0 Å². The molecule has 0 unspecified atom stereocenters. The van der Waals surface area contributed by atoms with Gasteiger partial charge in [0.15, 0.2) is 18.2 Å². The molecule has 0 spiro atoms. The van der Waals surface area contributed by atoms with E-state index in [9.17, 15) is 9.18 Å². The van der Waals surface area contributed by atoms with Crippen LogP contribution in [0.25, 0.3) is 0 Å². The molecule has 3 nitrogen and oxygen atoms in total. The van der Waals surface area contributed by atoms with Crippen molar-refractivity contribution in [3.8, 4) is 5.75 Å². The van der Waals surface area contributed by atoms with Crippen molar-refractivity contribution < 1.29 is 13.9 Å². The molecular weight excluding hydrogens is 301 g/mol. The number of hydrogen-bond acceptors (Lipinski definition) is 2. The Bertz CT molecular complexity index is 580. The lowest BCUT2D eigenvalue weighted by Gasteiger charge is -2.06. The number of halogens is 2. The van der Waals surface area contributed by atoms with Crippen LogP contribution in [0.3, 0.4) is 0 Å². The molecule has 2 rings (SSSR count). The molecule has 0 aliphatic carbocycles. The third-order valence-electron chi connectivity index (χ3n) is 2.41. The Balaban J connectivity index is 2.01. The van der Waals surface area contributed by atoms with Crippen LogP contribution in [0.1, 0.15) is 10.4 Å². The second-order valence-corrected chi connectivity index (χ2v) is 4.77. The fourth-order valence-electron chi connectivity index (χ4n) is 1.49. The van der Waals surface area contributed by atoms with Crippen LogP contribution in [-0.2, 0) is 7.05 Å². The molecule has 0 aliphatic rings. The molecule has 1 aromatic heterocycles. The maximum atomic E-state index is 13.4. The van der Waals surface area contributed by atoms with Crippen LogP contribution in [0.4, 0.5) is 4.39 Å². The van der Waals surface area contributed by atoms with Crippen LogP contribution in [-0.4, -0.2) is 17.0 Å². The van der Waals surface area contributed by atoms with E-state index < -0.39 is 5.82 Å². The lowest BCUT2D eigenvalue weighted by atomic mass is 10.2. The van der Waals surface area contributed by atoms with Crippen LogP contribution in [0.5, 0.6) is 5.75 Å². The van der Waals surface area contributed by atoms with Gasteiger partial charge in [-0.05, 0) is 24.3 Å². The summed E-state index contributed by atoms with van der Waals surface area (Å²) in [7, 11) is 1.83. The van der Waals surface area contributed by atoms with E-state index in [2.05, 4.69) is 15.9 Å². The lowest BCUT2D eigenvalue weighted by molar-refractivity contribution is 0.0919. The highest BCUT2D eigenvalue weighted by Gasteiger charge is 2.10. The summed E-state index contributed by atoms with van der Waals surface area (Å²) in [4.78, 5) is 11.7. The minimum atomic E-state index is -0.495. The fraction of sp³-hybridized carbons (Fsp3) is 0.154. The number of rotatable bonds is 4. The molecule has 5 heteroatoms. The molecule has 2 aromatic rings. The standard InChI is InChI=1S/C13H11BrFNO2/c1-16-5-4-9(7-16)12(17)8-18-13-3-2-10(14)6-11(13)15/h2-7H,8H2,1H3. The number of nitrogens with zero attached hydrogens (tertiary/aromatic N) is 1. The van der Waals surface area contributed by atoms with Crippen LogP contribution in [0, 0.1) is 5.82 Å².